The van der Waals surface area contributed by atoms with Crippen molar-refractivity contribution in [2.45, 2.75) is 26.7 Å². The quantitative estimate of drug-likeness (QED) is 0.709. The minimum atomic E-state index is 0.719. The first-order valence-corrected chi connectivity index (χ1v) is 6.59. The van der Waals surface area contributed by atoms with E-state index in [0.717, 1.165) is 23.8 Å². The number of benzene rings is 2. The van der Waals surface area contributed by atoms with Crippen molar-refractivity contribution in [2.24, 2.45) is 5.92 Å². The van der Waals surface area contributed by atoms with Crippen LogP contribution in [0, 0.1) is 5.92 Å². The molecule has 0 saturated heterocycles. The van der Waals surface area contributed by atoms with Crippen LogP contribution in [-0.4, -0.2) is 0 Å². The summed E-state index contributed by atoms with van der Waals surface area (Å²) < 4.78 is 5.83. The van der Waals surface area contributed by atoms with E-state index in [0.29, 0.717) is 0 Å². The normalized spacial score (nSPS) is 12.1. The molecule has 1 heteroatoms. The number of hydrogen-bond donors (Lipinski definition) is 0. The fourth-order valence-electron chi connectivity index (χ4n) is 1.91. The van der Waals surface area contributed by atoms with Crippen molar-refractivity contribution in [3.63, 3.8) is 0 Å². The van der Waals surface area contributed by atoms with E-state index in [-0.39, 0.29) is 0 Å². The molecular weight excluding hydrogens is 220 g/mol. The molecule has 0 heterocycles. The number of para-hydroxylation sites is 1. The molecule has 0 N–H and O–H groups in total. The molecule has 18 heavy (non-hydrogen) atoms. The van der Waals surface area contributed by atoms with E-state index in [1.54, 1.807) is 0 Å². The van der Waals surface area contributed by atoms with Crippen molar-refractivity contribution < 1.29 is 4.74 Å². The maximum Gasteiger partial charge on any atom is 0.127 e. The lowest BCUT2D eigenvalue weighted by molar-refractivity contribution is 0.480. The van der Waals surface area contributed by atoms with Gasteiger partial charge >= 0.3 is 0 Å². The van der Waals surface area contributed by atoms with Gasteiger partial charge in [0.15, 0.2) is 0 Å². The first-order valence-electron chi connectivity index (χ1n) is 6.59. The Morgan fingerprint density at radius 1 is 0.944 bits per heavy atom. The average molecular weight is 240 g/mol. The van der Waals surface area contributed by atoms with Crippen molar-refractivity contribution in [2.75, 3.05) is 0 Å². The van der Waals surface area contributed by atoms with Gasteiger partial charge in [-0.2, -0.15) is 0 Å². The third kappa shape index (κ3) is 3.63. The molecule has 2 rings (SSSR count). The van der Waals surface area contributed by atoms with Crippen LogP contribution in [0.5, 0.6) is 11.5 Å². The Morgan fingerprint density at radius 2 is 1.67 bits per heavy atom. The van der Waals surface area contributed by atoms with E-state index in [9.17, 15) is 0 Å². The zero-order chi connectivity index (χ0) is 12.8. The average Bonchev–Trinajstić information content (AvgIpc) is 2.40. The van der Waals surface area contributed by atoms with Crippen LogP contribution in [-0.2, 0) is 6.42 Å². The van der Waals surface area contributed by atoms with Gasteiger partial charge in [0, 0.05) is 0 Å². The van der Waals surface area contributed by atoms with Crippen molar-refractivity contribution >= 4 is 0 Å². The zero-order valence-corrected chi connectivity index (χ0v) is 11.1. The lowest BCUT2D eigenvalue weighted by Gasteiger charge is -2.10. The second-order valence-corrected chi connectivity index (χ2v) is 4.78. The predicted molar refractivity (Wildman–Crippen MR) is 76.1 cm³/mol. The highest BCUT2D eigenvalue weighted by atomic mass is 16.5. The second kappa shape index (κ2) is 6.25. The standard InChI is InChI=1S/C17H20O/c1-3-14(2)12-15-8-7-11-17(13-15)18-16-9-5-4-6-10-16/h4-11,13-14H,3,12H2,1-2H3. The largest absolute Gasteiger partial charge is 0.457 e. The molecule has 0 amide bonds. The lowest BCUT2D eigenvalue weighted by Crippen LogP contribution is -1.97. The van der Waals surface area contributed by atoms with Gasteiger partial charge in [0.2, 0.25) is 0 Å². The molecule has 2 aromatic rings. The van der Waals surface area contributed by atoms with Crippen LogP contribution in [0.2, 0.25) is 0 Å². The molecule has 0 fully saturated rings. The van der Waals surface area contributed by atoms with Crippen LogP contribution in [0.1, 0.15) is 25.8 Å². The van der Waals surface area contributed by atoms with Gasteiger partial charge in [0.1, 0.15) is 11.5 Å². The third-order valence-corrected chi connectivity index (χ3v) is 3.16. The fourth-order valence-corrected chi connectivity index (χ4v) is 1.91. The molecule has 0 saturated carbocycles. The summed E-state index contributed by atoms with van der Waals surface area (Å²) in [5, 5.41) is 0. The van der Waals surface area contributed by atoms with Crippen LogP contribution < -0.4 is 4.74 Å². The van der Waals surface area contributed by atoms with E-state index in [1.807, 2.05) is 36.4 Å². The van der Waals surface area contributed by atoms with Crippen LogP contribution >= 0.6 is 0 Å². The summed E-state index contributed by atoms with van der Waals surface area (Å²) in [7, 11) is 0. The maximum atomic E-state index is 5.83. The summed E-state index contributed by atoms with van der Waals surface area (Å²) >= 11 is 0. The highest BCUT2D eigenvalue weighted by Crippen LogP contribution is 2.23. The van der Waals surface area contributed by atoms with Gasteiger partial charge in [-0.05, 0) is 42.2 Å². The molecule has 0 bridgehead atoms. The van der Waals surface area contributed by atoms with Gasteiger partial charge in [-0.25, -0.2) is 0 Å². The lowest BCUT2D eigenvalue weighted by atomic mass is 9.99. The summed E-state index contributed by atoms with van der Waals surface area (Å²) in [5.41, 5.74) is 1.35. The highest BCUT2D eigenvalue weighted by molar-refractivity contribution is 5.33. The third-order valence-electron chi connectivity index (χ3n) is 3.16. The number of hydrogen-bond acceptors (Lipinski definition) is 1. The van der Waals surface area contributed by atoms with Gasteiger partial charge < -0.3 is 4.74 Å². The van der Waals surface area contributed by atoms with Crippen molar-refractivity contribution in [1.82, 2.24) is 0 Å². The Bertz CT molecular complexity index is 476. The molecule has 1 atom stereocenters. The SMILES string of the molecule is CCC(C)Cc1cccc(Oc2ccccc2)c1. The van der Waals surface area contributed by atoms with E-state index in [1.165, 1.54) is 12.0 Å². The molecule has 0 aliphatic carbocycles. The molecular formula is C17H20O. The minimum absolute atomic E-state index is 0.719. The van der Waals surface area contributed by atoms with Crippen LogP contribution in [0.25, 0.3) is 0 Å². The zero-order valence-electron chi connectivity index (χ0n) is 11.1. The molecule has 1 unspecified atom stereocenters. The van der Waals surface area contributed by atoms with E-state index < -0.39 is 0 Å². The first-order chi connectivity index (χ1) is 8.78. The second-order valence-electron chi connectivity index (χ2n) is 4.78. The Kier molecular flexibility index (Phi) is 4.40. The van der Waals surface area contributed by atoms with Crippen LogP contribution in [0.4, 0.5) is 0 Å². The fraction of sp³-hybridized carbons (Fsp3) is 0.294. The van der Waals surface area contributed by atoms with E-state index in [2.05, 4.69) is 32.0 Å². The molecule has 0 aliphatic heterocycles. The van der Waals surface area contributed by atoms with Gasteiger partial charge in [-0.1, -0.05) is 50.6 Å². The Morgan fingerprint density at radius 3 is 2.39 bits per heavy atom. The van der Waals surface area contributed by atoms with Gasteiger partial charge in [-0.3, -0.25) is 0 Å². The highest BCUT2D eigenvalue weighted by Gasteiger charge is 2.03. The summed E-state index contributed by atoms with van der Waals surface area (Å²) in [4.78, 5) is 0. The molecule has 2 aromatic carbocycles. The Balaban J connectivity index is 2.08. The van der Waals surface area contributed by atoms with Crippen LogP contribution in [0.3, 0.4) is 0 Å². The molecule has 94 valence electrons. The Hall–Kier alpha value is -1.76. The van der Waals surface area contributed by atoms with Gasteiger partial charge in [-0.15, -0.1) is 0 Å². The van der Waals surface area contributed by atoms with E-state index >= 15 is 0 Å². The number of ether oxygens (including phenoxy) is 1. The molecule has 1 nitrogen and oxygen atoms in total. The Labute approximate surface area is 109 Å². The molecule has 0 radical (unpaired) electrons. The maximum absolute atomic E-state index is 5.83. The predicted octanol–water partition coefficient (Wildman–Crippen LogP) is 5.07. The van der Waals surface area contributed by atoms with Gasteiger partial charge in [0.05, 0.1) is 0 Å². The van der Waals surface area contributed by atoms with Crippen LogP contribution in [0.15, 0.2) is 54.6 Å². The molecule has 0 spiro atoms. The summed E-state index contributed by atoms with van der Waals surface area (Å²) in [6.07, 6.45) is 2.33. The van der Waals surface area contributed by atoms with Gasteiger partial charge in [0.25, 0.3) is 0 Å². The van der Waals surface area contributed by atoms with Crippen molar-refractivity contribution in [1.29, 1.82) is 0 Å². The van der Waals surface area contributed by atoms with Crippen molar-refractivity contribution in [3.05, 3.63) is 60.2 Å². The first kappa shape index (κ1) is 12.7. The topological polar surface area (TPSA) is 9.23 Å². The number of rotatable bonds is 5. The minimum Gasteiger partial charge on any atom is -0.457 e. The smallest absolute Gasteiger partial charge is 0.127 e. The van der Waals surface area contributed by atoms with Crippen molar-refractivity contribution in [3.8, 4) is 11.5 Å². The molecule has 0 aromatic heterocycles. The monoisotopic (exact) mass is 240 g/mol. The summed E-state index contributed by atoms with van der Waals surface area (Å²) in [5.74, 6) is 2.53. The van der Waals surface area contributed by atoms with E-state index in [4.69, 9.17) is 4.74 Å². The molecule has 0 aliphatic rings. The summed E-state index contributed by atoms with van der Waals surface area (Å²) in [6, 6.07) is 18.3. The summed E-state index contributed by atoms with van der Waals surface area (Å²) in [6.45, 7) is 4.51.